The van der Waals surface area contributed by atoms with Crippen molar-refractivity contribution in [2.45, 2.75) is 30.2 Å². The number of nitrogens with one attached hydrogen (secondary N) is 2. The summed E-state index contributed by atoms with van der Waals surface area (Å²) in [5.41, 5.74) is 3.35. The van der Waals surface area contributed by atoms with Gasteiger partial charge in [0.05, 0.1) is 24.1 Å². The van der Waals surface area contributed by atoms with Gasteiger partial charge >= 0.3 is 0 Å². The number of carbonyl (C=O) groups is 1. The highest BCUT2D eigenvalue weighted by molar-refractivity contribution is 7.85. The summed E-state index contributed by atoms with van der Waals surface area (Å²) in [6, 6.07) is 11.3. The first-order valence-electron chi connectivity index (χ1n) is 12.6. The van der Waals surface area contributed by atoms with Crippen LogP contribution in [0.2, 0.25) is 0 Å². The normalized spacial score (nSPS) is 15.6. The van der Waals surface area contributed by atoms with Gasteiger partial charge < -0.3 is 15.3 Å². The summed E-state index contributed by atoms with van der Waals surface area (Å²) < 4.78 is 15.1. The molecular weight excluding hydrogens is 506 g/mol. The van der Waals surface area contributed by atoms with Crippen LogP contribution in [0.1, 0.15) is 17.5 Å². The summed E-state index contributed by atoms with van der Waals surface area (Å²) in [5, 5.41) is 19.5. The second kappa shape index (κ2) is 11.0. The number of H-pyrrole nitrogens is 1. The lowest BCUT2D eigenvalue weighted by Gasteiger charge is -2.24. The summed E-state index contributed by atoms with van der Waals surface area (Å²) in [7, 11) is -1.61. The van der Waals surface area contributed by atoms with E-state index in [4.69, 9.17) is 5.11 Å². The molecule has 1 unspecified atom stereocenters. The molecule has 1 saturated heterocycles. The highest BCUT2D eigenvalue weighted by Crippen LogP contribution is 2.25. The highest BCUT2D eigenvalue weighted by Gasteiger charge is 2.22. The standard InChI is InChI=1S/C26H31N7O4S/c1-17-4-7-22(18(2)14-17)38(37)26-24-28-25(36)20-6-5-19(15-21(20)33(24)30-29-26)32-10-3-9-31(11-12-32)16-23(35)27-8-13-34/h4-7,14-15,30,34H,3,8-13,16H2,1-2H3,(H,27,35). The molecule has 4 aromatic rings. The molecule has 3 N–H and O–H groups in total. The second-order valence-corrected chi connectivity index (χ2v) is 10.9. The average molecular weight is 538 g/mol. The number of carbonyl (C=O) groups excluding carboxylic acids is 1. The first kappa shape index (κ1) is 26.0. The summed E-state index contributed by atoms with van der Waals surface area (Å²) >= 11 is 0. The van der Waals surface area contributed by atoms with Gasteiger partial charge in [0.25, 0.3) is 5.56 Å². The molecule has 0 saturated carbocycles. The van der Waals surface area contributed by atoms with Crippen molar-refractivity contribution in [1.29, 1.82) is 0 Å². The van der Waals surface area contributed by atoms with Crippen molar-refractivity contribution in [3.8, 4) is 0 Å². The van der Waals surface area contributed by atoms with Crippen molar-refractivity contribution >= 4 is 38.9 Å². The Labute approximate surface area is 221 Å². The van der Waals surface area contributed by atoms with Crippen molar-refractivity contribution in [2.75, 3.05) is 50.8 Å². The lowest BCUT2D eigenvalue weighted by molar-refractivity contribution is -0.122. The van der Waals surface area contributed by atoms with E-state index in [2.05, 4.69) is 30.4 Å². The average Bonchev–Trinajstić information content (AvgIpc) is 3.18. The minimum Gasteiger partial charge on any atom is -0.395 e. The Morgan fingerprint density at radius 1 is 1.13 bits per heavy atom. The number of fused-ring (bicyclic) bond motifs is 3. The fourth-order valence-electron chi connectivity index (χ4n) is 4.87. The van der Waals surface area contributed by atoms with Gasteiger partial charge in [-0.2, -0.15) is 4.98 Å². The van der Waals surface area contributed by atoms with Gasteiger partial charge in [-0.1, -0.05) is 17.7 Å². The van der Waals surface area contributed by atoms with Gasteiger partial charge in [-0.3, -0.25) is 14.5 Å². The SMILES string of the molecule is Cc1ccc(S(=O)c2n[nH]n3c2nc(=O)c2ccc(N4CCCN(CC(=O)NCCO)CC4)cc23)c(C)c1. The third kappa shape index (κ3) is 5.19. The van der Waals surface area contributed by atoms with E-state index in [-0.39, 0.29) is 29.7 Å². The number of aromatic amines is 1. The molecule has 5 rings (SSSR count). The summed E-state index contributed by atoms with van der Waals surface area (Å²) in [6.45, 7) is 7.37. The fourth-order valence-corrected chi connectivity index (χ4v) is 6.05. The van der Waals surface area contributed by atoms with Gasteiger partial charge in [0.2, 0.25) is 5.91 Å². The Balaban J connectivity index is 1.44. The molecule has 200 valence electrons. The van der Waals surface area contributed by atoms with E-state index in [1.807, 2.05) is 44.2 Å². The van der Waals surface area contributed by atoms with Crippen molar-refractivity contribution in [3.05, 3.63) is 57.9 Å². The molecule has 2 aromatic carbocycles. The van der Waals surface area contributed by atoms with E-state index in [0.717, 1.165) is 36.3 Å². The molecule has 1 atom stereocenters. The maximum absolute atomic E-state index is 13.4. The number of benzene rings is 2. The van der Waals surface area contributed by atoms with Crippen molar-refractivity contribution in [1.82, 2.24) is 30.0 Å². The van der Waals surface area contributed by atoms with Crippen LogP contribution in [-0.2, 0) is 15.6 Å². The summed E-state index contributed by atoms with van der Waals surface area (Å²) in [5.74, 6) is -0.0965. The van der Waals surface area contributed by atoms with Crippen molar-refractivity contribution in [3.63, 3.8) is 0 Å². The number of aryl methyl sites for hydroxylation is 2. The smallest absolute Gasteiger partial charge is 0.281 e. The van der Waals surface area contributed by atoms with Crippen LogP contribution in [0.5, 0.6) is 0 Å². The predicted octanol–water partition coefficient (Wildman–Crippen LogP) is 0.975. The Bertz CT molecular complexity index is 1580. The molecule has 1 aliphatic rings. The van der Waals surface area contributed by atoms with Crippen LogP contribution in [0.3, 0.4) is 0 Å². The van der Waals surface area contributed by atoms with E-state index >= 15 is 0 Å². The molecule has 1 fully saturated rings. The molecular formula is C26H31N7O4S. The molecule has 0 spiro atoms. The van der Waals surface area contributed by atoms with Crippen LogP contribution >= 0.6 is 0 Å². The van der Waals surface area contributed by atoms with Gasteiger partial charge in [0.15, 0.2) is 10.7 Å². The number of hydrogen-bond donors (Lipinski definition) is 3. The Kier molecular flexibility index (Phi) is 7.54. The maximum atomic E-state index is 13.4. The number of aliphatic hydroxyl groups excluding tert-OH is 1. The molecule has 1 aliphatic heterocycles. The van der Waals surface area contributed by atoms with E-state index in [9.17, 15) is 13.8 Å². The monoisotopic (exact) mass is 537 g/mol. The van der Waals surface area contributed by atoms with Crippen molar-refractivity contribution in [2.24, 2.45) is 0 Å². The third-order valence-electron chi connectivity index (χ3n) is 6.78. The quantitative estimate of drug-likeness (QED) is 0.317. The first-order chi connectivity index (χ1) is 18.4. The number of amides is 1. The summed E-state index contributed by atoms with van der Waals surface area (Å²) in [6.07, 6.45) is 0.875. The Morgan fingerprint density at radius 2 is 1.97 bits per heavy atom. The van der Waals surface area contributed by atoms with Gasteiger partial charge in [-0.05, 0) is 50.1 Å². The third-order valence-corrected chi connectivity index (χ3v) is 8.26. The largest absolute Gasteiger partial charge is 0.395 e. The van der Waals surface area contributed by atoms with E-state index < -0.39 is 16.4 Å². The zero-order valence-electron chi connectivity index (χ0n) is 21.4. The van der Waals surface area contributed by atoms with Crippen LogP contribution < -0.4 is 15.8 Å². The minimum atomic E-state index is -1.61. The van der Waals surface area contributed by atoms with Gasteiger partial charge in [0.1, 0.15) is 10.8 Å². The van der Waals surface area contributed by atoms with E-state index in [1.165, 1.54) is 0 Å². The zero-order chi connectivity index (χ0) is 26.8. The number of nitrogens with zero attached hydrogens (tertiary/aromatic N) is 5. The summed E-state index contributed by atoms with van der Waals surface area (Å²) in [4.78, 5) is 34.2. The topological polar surface area (TPSA) is 136 Å². The van der Waals surface area contributed by atoms with Crippen LogP contribution in [0.25, 0.3) is 16.6 Å². The Hall–Kier alpha value is -3.61. The first-order valence-corrected chi connectivity index (χ1v) is 13.8. The Morgan fingerprint density at radius 3 is 2.76 bits per heavy atom. The zero-order valence-corrected chi connectivity index (χ0v) is 22.3. The van der Waals surface area contributed by atoms with E-state index in [0.29, 0.717) is 35.4 Å². The van der Waals surface area contributed by atoms with Gasteiger partial charge in [0, 0.05) is 43.3 Å². The lowest BCUT2D eigenvalue weighted by Crippen LogP contribution is -2.40. The van der Waals surface area contributed by atoms with Gasteiger partial charge in [-0.15, -0.1) is 5.10 Å². The number of hydrogen-bond acceptors (Lipinski definition) is 8. The highest BCUT2D eigenvalue weighted by atomic mass is 32.2. The van der Waals surface area contributed by atoms with Crippen LogP contribution in [0.15, 0.2) is 51.1 Å². The molecule has 0 aliphatic carbocycles. The molecule has 11 nitrogen and oxygen atoms in total. The minimum absolute atomic E-state index is 0.0767. The second-order valence-electron chi connectivity index (χ2n) is 9.52. The number of rotatable bonds is 7. The van der Waals surface area contributed by atoms with Crippen LogP contribution in [-0.4, -0.2) is 85.8 Å². The predicted molar refractivity (Wildman–Crippen MR) is 145 cm³/mol. The number of anilines is 1. The molecule has 2 aromatic heterocycles. The van der Waals surface area contributed by atoms with Crippen LogP contribution in [0, 0.1) is 13.8 Å². The van der Waals surface area contributed by atoms with E-state index in [1.54, 1.807) is 10.6 Å². The molecule has 0 bridgehead atoms. The van der Waals surface area contributed by atoms with Crippen molar-refractivity contribution < 1.29 is 14.1 Å². The lowest BCUT2D eigenvalue weighted by atomic mass is 10.2. The van der Waals surface area contributed by atoms with Gasteiger partial charge in [-0.25, -0.2) is 13.9 Å². The fraction of sp³-hybridized carbons (Fsp3) is 0.385. The molecule has 12 heteroatoms. The van der Waals surface area contributed by atoms with Crippen LogP contribution in [0.4, 0.5) is 5.69 Å². The molecule has 3 heterocycles. The number of aliphatic hydroxyl groups is 1. The maximum Gasteiger partial charge on any atom is 0.281 e. The number of aromatic nitrogens is 4. The molecule has 1 amide bonds. The molecule has 0 radical (unpaired) electrons. The molecule has 38 heavy (non-hydrogen) atoms.